The molecule has 3 heterocycles. The summed E-state index contributed by atoms with van der Waals surface area (Å²) in [4.78, 5) is 38.3. The van der Waals surface area contributed by atoms with Gasteiger partial charge in [0.2, 0.25) is 0 Å². The van der Waals surface area contributed by atoms with E-state index in [1.807, 2.05) is 29.2 Å². The first-order chi connectivity index (χ1) is 16.6. The maximum absolute atomic E-state index is 12.5. The molecule has 1 aliphatic heterocycles. The number of aromatic amines is 2. The van der Waals surface area contributed by atoms with E-state index < -0.39 is 0 Å². The van der Waals surface area contributed by atoms with Crippen LogP contribution in [0.1, 0.15) is 38.5 Å². The average molecular weight is 540 g/mol. The van der Waals surface area contributed by atoms with Gasteiger partial charge in [-0.15, -0.1) is 24.8 Å². The van der Waals surface area contributed by atoms with Gasteiger partial charge in [0, 0.05) is 44.7 Å². The zero-order chi connectivity index (χ0) is 23.3. The van der Waals surface area contributed by atoms with Gasteiger partial charge in [0.05, 0.1) is 17.6 Å². The molecule has 1 saturated heterocycles. The van der Waals surface area contributed by atoms with Gasteiger partial charge in [-0.1, -0.05) is 19.3 Å². The molecule has 11 heteroatoms. The number of hydrogen-bond donors (Lipinski definition) is 3. The third kappa shape index (κ3) is 7.05. The summed E-state index contributed by atoms with van der Waals surface area (Å²) in [5.74, 6) is 1.60. The fourth-order valence-corrected chi connectivity index (χ4v) is 5.13. The lowest BCUT2D eigenvalue weighted by Crippen LogP contribution is -2.52. The Balaban J connectivity index is 0.00000180. The van der Waals surface area contributed by atoms with Crippen LogP contribution in [0.25, 0.3) is 22.1 Å². The van der Waals surface area contributed by atoms with Crippen molar-refractivity contribution >= 4 is 52.9 Å². The average Bonchev–Trinajstić information content (AvgIpc) is 3.22. The number of pyridine rings is 1. The van der Waals surface area contributed by atoms with Crippen molar-refractivity contribution in [3.8, 4) is 5.75 Å². The van der Waals surface area contributed by atoms with Crippen LogP contribution in [0.3, 0.4) is 0 Å². The minimum Gasteiger partial charge on any atom is -0.494 e. The Labute approximate surface area is 223 Å². The number of H-pyrrole nitrogens is 2. The molecule has 0 atom stereocenters. The number of rotatable bonds is 7. The monoisotopic (exact) mass is 538 g/mol. The number of piperazine rings is 1. The van der Waals surface area contributed by atoms with Crippen molar-refractivity contribution in [2.75, 3.05) is 45.9 Å². The minimum absolute atomic E-state index is 0. The number of urea groups is 1. The molecule has 2 aromatic heterocycles. The normalized spacial score (nSPS) is 16.9. The Morgan fingerprint density at radius 3 is 2.61 bits per heavy atom. The number of carbonyl (C=O) groups is 1. The lowest BCUT2D eigenvalue weighted by Gasteiger charge is -2.37. The van der Waals surface area contributed by atoms with Crippen LogP contribution in [0.4, 0.5) is 4.79 Å². The summed E-state index contributed by atoms with van der Waals surface area (Å²) in [6.45, 7) is 5.87. The van der Waals surface area contributed by atoms with E-state index in [1.165, 1.54) is 38.6 Å². The molecule has 0 bridgehead atoms. The molecule has 1 aliphatic carbocycles. The Morgan fingerprint density at radius 2 is 1.83 bits per heavy atom. The van der Waals surface area contributed by atoms with Crippen LogP contribution >= 0.6 is 24.8 Å². The highest BCUT2D eigenvalue weighted by atomic mass is 35.5. The molecule has 2 fully saturated rings. The van der Waals surface area contributed by atoms with E-state index >= 15 is 0 Å². The van der Waals surface area contributed by atoms with Gasteiger partial charge in [-0.2, -0.15) is 0 Å². The molecular formula is C25H36Cl2N6O3. The largest absolute Gasteiger partial charge is 0.494 e. The van der Waals surface area contributed by atoms with E-state index in [2.05, 4.69) is 25.2 Å². The molecular weight excluding hydrogens is 503 g/mol. The van der Waals surface area contributed by atoms with Crippen LogP contribution in [0.15, 0.2) is 29.1 Å². The van der Waals surface area contributed by atoms with Crippen molar-refractivity contribution in [3.63, 3.8) is 0 Å². The molecule has 198 valence electrons. The number of ether oxygens (including phenoxy) is 1. The zero-order valence-corrected chi connectivity index (χ0v) is 22.1. The molecule has 9 nitrogen and oxygen atoms in total. The van der Waals surface area contributed by atoms with Crippen molar-refractivity contribution in [2.45, 2.75) is 38.5 Å². The van der Waals surface area contributed by atoms with Gasteiger partial charge >= 0.3 is 11.7 Å². The highest BCUT2D eigenvalue weighted by molar-refractivity contribution is 5.90. The number of benzene rings is 1. The first-order valence-electron chi connectivity index (χ1n) is 12.5. The number of carbonyl (C=O) groups excluding carboxylic acids is 1. The minimum atomic E-state index is -0.266. The molecule has 0 radical (unpaired) electrons. The van der Waals surface area contributed by atoms with E-state index in [0.717, 1.165) is 55.2 Å². The quantitative estimate of drug-likeness (QED) is 0.395. The van der Waals surface area contributed by atoms with Crippen LogP contribution in [0, 0.1) is 5.92 Å². The topological polar surface area (TPSA) is 106 Å². The molecule has 3 N–H and O–H groups in total. The summed E-state index contributed by atoms with van der Waals surface area (Å²) >= 11 is 0. The standard InChI is InChI=1S/C25H34N6O3.2ClH/c32-24-28-22-16-19-15-20(7-8-21(19)27-23(22)29-24)34-14-4-9-26-25(33)31-12-10-30(11-13-31)17-18-5-2-1-3-6-18;;/h7-8,15-16,18H,1-6,9-14,17H2,(H,26,33)(H2,27,28,29,32);2*1H. The van der Waals surface area contributed by atoms with Gasteiger partial charge in [-0.25, -0.2) is 14.6 Å². The van der Waals surface area contributed by atoms with E-state index in [0.29, 0.717) is 24.3 Å². The molecule has 2 aliphatic rings. The fourth-order valence-electron chi connectivity index (χ4n) is 5.13. The molecule has 1 saturated carbocycles. The molecule has 3 aromatic rings. The SMILES string of the molecule is Cl.Cl.O=C(NCCCOc1ccc2nc3[nH]c(=O)[nH]c3cc2c1)N1CCN(CC2CCCCC2)CC1. The summed E-state index contributed by atoms with van der Waals surface area (Å²) in [6, 6.07) is 7.58. The number of nitrogens with zero attached hydrogens (tertiary/aromatic N) is 3. The summed E-state index contributed by atoms with van der Waals surface area (Å²) in [5, 5.41) is 3.93. The molecule has 2 amide bonds. The number of imidazole rings is 1. The van der Waals surface area contributed by atoms with Gasteiger partial charge in [0.25, 0.3) is 0 Å². The van der Waals surface area contributed by atoms with Crippen molar-refractivity contribution in [1.29, 1.82) is 0 Å². The van der Waals surface area contributed by atoms with Crippen LogP contribution in [-0.2, 0) is 0 Å². The van der Waals surface area contributed by atoms with Gasteiger partial charge in [0.1, 0.15) is 5.75 Å². The Kier molecular flexibility index (Phi) is 10.3. The molecule has 0 unspecified atom stereocenters. The lowest BCUT2D eigenvalue weighted by molar-refractivity contribution is 0.119. The van der Waals surface area contributed by atoms with Crippen LogP contribution < -0.4 is 15.7 Å². The molecule has 5 rings (SSSR count). The first-order valence-corrected chi connectivity index (χ1v) is 12.5. The van der Waals surface area contributed by atoms with Crippen LogP contribution in [-0.4, -0.2) is 76.7 Å². The van der Waals surface area contributed by atoms with Crippen LogP contribution in [0.5, 0.6) is 5.75 Å². The highest BCUT2D eigenvalue weighted by Gasteiger charge is 2.23. The molecule has 1 aromatic carbocycles. The summed E-state index contributed by atoms with van der Waals surface area (Å²) in [6.07, 6.45) is 7.64. The fraction of sp³-hybridized carbons (Fsp3) is 0.560. The van der Waals surface area contributed by atoms with Gasteiger partial charge in [-0.3, -0.25) is 9.88 Å². The smallest absolute Gasteiger partial charge is 0.325 e. The number of amides is 2. The van der Waals surface area contributed by atoms with Crippen LogP contribution in [0.2, 0.25) is 0 Å². The predicted octanol–water partition coefficient (Wildman–Crippen LogP) is 3.92. The maximum Gasteiger partial charge on any atom is 0.325 e. The van der Waals surface area contributed by atoms with E-state index in [1.54, 1.807) is 0 Å². The van der Waals surface area contributed by atoms with Crippen molar-refractivity contribution in [1.82, 2.24) is 30.1 Å². The van der Waals surface area contributed by atoms with Gasteiger partial charge in [0.15, 0.2) is 5.65 Å². The van der Waals surface area contributed by atoms with Crippen molar-refractivity contribution in [2.24, 2.45) is 5.92 Å². The number of hydrogen-bond acceptors (Lipinski definition) is 5. The maximum atomic E-state index is 12.5. The lowest BCUT2D eigenvalue weighted by atomic mass is 9.89. The summed E-state index contributed by atoms with van der Waals surface area (Å²) < 4.78 is 5.87. The third-order valence-electron chi connectivity index (χ3n) is 7.03. The summed E-state index contributed by atoms with van der Waals surface area (Å²) in [5.41, 5.74) is 1.75. The zero-order valence-electron chi connectivity index (χ0n) is 20.5. The highest BCUT2D eigenvalue weighted by Crippen LogP contribution is 2.25. The third-order valence-corrected chi connectivity index (χ3v) is 7.03. The Bertz CT molecular complexity index is 1190. The molecule has 0 spiro atoms. The number of halogens is 2. The van der Waals surface area contributed by atoms with Crippen molar-refractivity contribution in [3.05, 3.63) is 34.7 Å². The van der Waals surface area contributed by atoms with Gasteiger partial charge in [-0.05, 0) is 49.4 Å². The summed E-state index contributed by atoms with van der Waals surface area (Å²) in [7, 11) is 0. The number of fused-ring (bicyclic) bond motifs is 2. The van der Waals surface area contributed by atoms with E-state index in [-0.39, 0.29) is 36.5 Å². The second kappa shape index (κ2) is 13.2. The Hall–Kier alpha value is -2.49. The van der Waals surface area contributed by atoms with E-state index in [4.69, 9.17) is 4.74 Å². The number of aromatic nitrogens is 3. The van der Waals surface area contributed by atoms with Gasteiger partial charge < -0.3 is 19.9 Å². The predicted molar refractivity (Wildman–Crippen MR) is 147 cm³/mol. The molecule has 36 heavy (non-hydrogen) atoms. The van der Waals surface area contributed by atoms with E-state index in [9.17, 15) is 9.59 Å². The number of nitrogens with one attached hydrogen (secondary N) is 3. The second-order valence-corrected chi connectivity index (χ2v) is 9.54. The van der Waals surface area contributed by atoms with Crippen molar-refractivity contribution < 1.29 is 9.53 Å². The Morgan fingerprint density at radius 1 is 1.06 bits per heavy atom. The first kappa shape index (κ1) is 28.1. The second-order valence-electron chi connectivity index (χ2n) is 9.54.